The van der Waals surface area contributed by atoms with Crippen molar-refractivity contribution in [2.45, 2.75) is 12.8 Å². The molecule has 26 heavy (non-hydrogen) atoms. The fourth-order valence-electron chi connectivity index (χ4n) is 3.04. The van der Waals surface area contributed by atoms with E-state index >= 15 is 0 Å². The predicted octanol–water partition coefficient (Wildman–Crippen LogP) is 1.34. The molecule has 1 atom stereocenters. The van der Waals surface area contributed by atoms with Gasteiger partial charge in [-0.15, -0.1) is 10.2 Å². The van der Waals surface area contributed by atoms with E-state index < -0.39 is 0 Å². The van der Waals surface area contributed by atoms with Crippen LogP contribution in [0.1, 0.15) is 22.5 Å². The molecule has 2 aromatic rings. The minimum Gasteiger partial charge on any atom is -0.368 e. The van der Waals surface area contributed by atoms with Gasteiger partial charge < -0.3 is 15.5 Å². The molecule has 1 unspecified atom stereocenters. The van der Waals surface area contributed by atoms with Gasteiger partial charge in [-0.25, -0.2) is 0 Å². The Morgan fingerprint density at radius 3 is 2.69 bits per heavy atom. The van der Waals surface area contributed by atoms with Gasteiger partial charge in [0, 0.05) is 39.0 Å². The van der Waals surface area contributed by atoms with Gasteiger partial charge in [-0.05, 0) is 24.1 Å². The number of anilines is 1. The van der Waals surface area contributed by atoms with Crippen LogP contribution in [0.3, 0.4) is 0 Å². The molecule has 3 rings (SSSR count). The number of hydrogen-bond donors (Lipinski definition) is 2. The summed E-state index contributed by atoms with van der Waals surface area (Å²) < 4.78 is 0. The monoisotopic (exact) mass is 353 g/mol. The molecular weight excluding hydrogens is 330 g/mol. The quantitative estimate of drug-likeness (QED) is 0.784. The van der Waals surface area contributed by atoms with Crippen molar-refractivity contribution < 1.29 is 9.59 Å². The van der Waals surface area contributed by atoms with E-state index in [1.807, 2.05) is 23.1 Å². The number of aromatic nitrogens is 2. The first-order chi connectivity index (χ1) is 12.7. The number of carbonyl (C=O) groups is 2. The zero-order valence-corrected chi connectivity index (χ0v) is 14.8. The van der Waals surface area contributed by atoms with E-state index in [2.05, 4.69) is 33.0 Å². The fourth-order valence-corrected chi connectivity index (χ4v) is 3.04. The van der Waals surface area contributed by atoms with Crippen LogP contribution in [-0.2, 0) is 11.2 Å². The fraction of sp³-hybridized carbons (Fsp3) is 0.368. The Morgan fingerprint density at radius 1 is 1.19 bits per heavy atom. The summed E-state index contributed by atoms with van der Waals surface area (Å²) in [6, 6.07) is 13.5. The van der Waals surface area contributed by atoms with Crippen LogP contribution in [-0.4, -0.2) is 53.6 Å². The van der Waals surface area contributed by atoms with Crippen LogP contribution in [0, 0.1) is 5.92 Å². The molecule has 0 radical (unpaired) electrons. The highest BCUT2D eigenvalue weighted by Crippen LogP contribution is 2.19. The SMILES string of the molecule is CNC(=O)c1ccc(NCC2CC(=O)N(CCc3ccccc3)C2)nn1. The number of amides is 2. The lowest BCUT2D eigenvalue weighted by Crippen LogP contribution is -2.28. The minimum absolute atomic E-state index is 0.203. The van der Waals surface area contributed by atoms with E-state index in [4.69, 9.17) is 0 Å². The predicted molar refractivity (Wildman–Crippen MR) is 98.7 cm³/mol. The third-order valence-electron chi connectivity index (χ3n) is 4.50. The molecule has 1 saturated heterocycles. The maximum Gasteiger partial charge on any atom is 0.271 e. The lowest BCUT2D eigenvalue weighted by Gasteiger charge is -2.17. The molecule has 2 N–H and O–H groups in total. The molecule has 7 nitrogen and oxygen atoms in total. The minimum atomic E-state index is -0.264. The molecule has 136 valence electrons. The second-order valence-electron chi connectivity index (χ2n) is 6.41. The summed E-state index contributed by atoms with van der Waals surface area (Å²) in [6.45, 7) is 2.16. The molecule has 7 heteroatoms. The van der Waals surface area contributed by atoms with E-state index in [0.717, 1.165) is 19.5 Å². The third-order valence-corrected chi connectivity index (χ3v) is 4.50. The molecule has 1 aliphatic rings. The molecule has 2 amide bonds. The molecule has 2 heterocycles. The van der Waals surface area contributed by atoms with E-state index in [0.29, 0.717) is 18.8 Å². The summed E-state index contributed by atoms with van der Waals surface area (Å²) in [4.78, 5) is 25.6. The average Bonchev–Trinajstić information content (AvgIpc) is 3.05. The first-order valence-electron chi connectivity index (χ1n) is 8.77. The number of likely N-dealkylation sites (tertiary alicyclic amines) is 1. The van der Waals surface area contributed by atoms with E-state index in [-0.39, 0.29) is 23.4 Å². The number of carbonyl (C=O) groups excluding carboxylic acids is 2. The van der Waals surface area contributed by atoms with Crippen LogP contribution < -0.4 is 10.6 Å². The molecule has 0 spiro atoms. The van der Waals surface area contributed by atoms with Crippen molar-refractivity contribution in [1.29, 1.82) is 0 Å². The normalized spacial score (nSPS) is 16.6. The van der Waals surface area contributed by atoms with Gasteiger partial charge in [0.05, 0.1) is 0 Å². The van der Waals surface area contributed by atoms with Crippen molar-refractivity contribution in [2.75, 3.05) is 32.0 Å². The van der Waals surface area contributed by atoms with Crippen LogP contribution in [0.2, 0.25) is 0 Å². The molecule has 0 aliphatic carbocycles. The van der Waals surface area contributed by atoms with E-state index in [1.54, 1.807) is 19.2 Å². The zero-order chi connectivity index (χ0) is 18.4. The van der Waals surface area contributed by atoms with Gasteiger partial charge in [0.2, 0.25) is 5.91 Å². The second-order valence-corrected chi connectivity index (χ2v) is 6.41. The van der Waals surface area contributed by atoms with Gasteiger partial charge in [0.1, 0.15) is 5.82 Å². The lowest BCUT2D eigenvalue weighted by atomic mass is 10.1. The van der Waals surface area contributed by atoms with Gasteiger partial charge in [-0.2, -0.15) is 0 Å². The Bertz CT molecular complexity index is 748. The van der Waals surface area contributed by atoms with Crippen LogP contribution >= 0.6 is 0 Å². The Balaban J connectivity index is 1.46. The largest absolute Gasteiger partial charge is 0.368 e. The van der Waals surface area contributed by atoms with Gasteiger partial charge in [-0.1, -0.05) is 30.3 Å². The first-order valence-corrected chi connectivity index (χ1v) is 8.77. The summed E-state index contributed by atoms with van der Waals surface area (Å²) in [5, 5.41) is 13.6. The van der Waals surface area contributed by atoms with Crippen LogP contribution in [0.25, 0.3) is 0 Å². The number of hydrogen-bond acceptors (Lipinski definition) is 5. The molecule has 1 fully saturated rings. The maximum atomic E-state index is 12.2. The van der Waals surface area contributed by atoms with Crippen molar-refractivity contribution >= 4 is 17.6 Å². The van der Waals surface area contributed by atoms with Crippen LogP contribution in [0.15, 0.2) is 42.5 Å². The number of benzene rings is 1. The second kappa shape index (κ2) is 8.42. The van der Waals surface area contributed by atoms with Crippen molar-refractivity contribution in [3.8, 4) is 0 Å². The number of nitrogens with one attached hydrogen (secondary N) is 2. The van der Waals surface area contributed by atoms with Gasteiger partial charge in [0.15, 0.2) is 5.69 Å². The van der Waals surface area contributed by atoms with Crippen molar-refractivity contribution in [3.63, 3.8) is 0 Å². The van der Waals surface area contributed by atoms with Gasteiger partial charge >= 0.3 is 0 Å². The molecule has 0 saturated carbocycles. The number of nitrogens with zero attached hydrogens (tertiary/aromatic N) is 3. The molecule has 1 aliphatic heterocycles. The highest BCUT2D eigenvalue weighted by Gasteiger charge is 2.29. The maximum absolute atomic E-state index is 12.2. The third kappa shape index (κ3) is 4.56. The van der Waals surface area contributed by atoms with E-state index in [9.17, 15) is 9.59 Å². The zero-order valence-electron chi connectivity index (χ0n) is 14.8. The Hall–Kier alpha value is -2.96. The van der Waals surface area contributed by atoms with Gasteiger partial charge in [0.25, 0.3) is 5.91 Å². The van der Waals surface area contributed by atoms with Gasteiger partial charge in [-0.3, -0.25) is 9.59 Å². The Morgan fingerprint density at radius 2 is 2.00 bits per heavy atom. The summed E-state index contributed by atoms with van der Waals surface area (Å²) in [5.74, 6) is 0.791. The summed E-state index contributed by atoms with van der Waals surface area (Å²) in [6.07, 6.45) is 1.42. The highest BCUT2D eigenvalue weighted by molar-refractivity contribution is 5.91. The first kappa shape index (κ1) is 17.8. The Kier molecular flexibility index (Phi) is 5.78. The van der Waals surface area contributed by atoms with E-state index in [1.165, 1.54) is 5.56 Å². The molecule has 0 bridgehead atoms. The summed E-state index contributed by atoms with van der Waals surface area (Å²) >= 11 is 0. The van der Waals surface area contributed by atoms with Crippen molar-refractivity contribution in [1.82, 2.24) is 20.4 Å². The standard InChI is InChI=1S/C19H23N5O2/c1-20-19(26)16-7-8-17(23-22-16)21-12-15-11-18(25)24(13-15)10-9-14-5-3-2-4-6-14/h2-8,15H,9-13H2,1H3,(H,20,26)(H,21,23). The topological polar surface area (TPSA) is 87.2 Å². The van der Waals surface area contributed by atoms with Crippen molar-refractivity contribution in [2.24, 2.45) is 5.92 Å². The highest BCUT2D eigenvalue weighted by atomic mass is 16.2. The smallest absolute Gasteiger partial charge is 0.271 e. The van der Waals surface area contributed by atoms with Crippen LogP contribution in [0.4, 0.5) is 5.82 Å². The number of rotatable bonds is 7. The van der Waals surface area contributed by atoms with Crippen molar-refractivity contribution in [3.05, 3.63) is 53.7 Å². The molecule has 1 aromatic heterocycles. The van der Waals surface area contributed by atoms with Crippen LogP contribution in [0.5, 0.6) is 0 Å². The lowest BCUT2D eigenvalue weighted by molar-refractivity contribution is -0.127. The summed E-state index contributed by atoms with van der Waals surface area (Å²) in [7, 11) is 1.55. The summed E-state index contributed by atoms with van der Waals surface area (Å²) in [5.41, 5.74) is 1.52. The average molecular weight is 353 g/mol. The Labute approximate surface area is 152 Å². The molecular formula is C19H23N5O2. The molecule has 1 aromatic carbocycles.